The summed E-state index contributed by atoms with van der Waals surface area (Å²) in [6.07, 6.45) is 3.38. The molecule has 10 fully saturated rings. The minimum absolute atomic E-state index is 0.0996. The topological polar surface area (TPSA) is 0 Å². The molecular formula is C28H39FeP. The van der Waals surface area contributed by atoms with E-state index in [0.29, 0.717) is 10.3 Å². The van der Waals surface area contributed by atoms with Crippen LogP contribution in [0.25, 0.3) is 0 Å². The van der Waals surface area contributed by atoms with Crippen LogP contribution in [0.1, 0.15) is 66.4 Å². The molecule has 0 N–H and O–H groups in total. The molecule has 10 saturated heterocycles. The summed E-state index contributed by atoms with van der Waals surface area (Å²) in [6, 6.07) is 11.6. The predicted molar refractivity (Wildman–Crippen MR) is 126 cm³/mol. The van der Waals surface area contributed by atoms with E-state index >= 15 is 0 Å². The van der Waals surface area contributed by atoms with Crippen LogP contribution in [0.15, 0.2) is 30.3 Å². The van der Waals surface area contributed by atoms with Gasteiger partial charge in [0.15, 0.2) is 0 Å². The average Bonchev–Trinajstić information content (AvgIpc) is 3.60. The van der Waals surface area contributed by atoms with Crippen LogP contribution in [0, 0.1) is 0 Å². The number of rotatable bonds is 5. The molecule has 0 saturated carbocycles. The Morgan fingerprint density at radius 3 is 1.77 bits per heavy atom. The van der Waals surface area contributed by atoms with Gasteiger partial charge in [0.05, 0.1) is 0 Å². The van der Waals surface area contributed by atoms with Gasteiger partial charge in [-0.3, -0.25) is 0 Å². The molecule has 10 aliphatic rings. The van der Waals surface area contributed by atoms with Gasteiger partial charge in [0, 0.05) is 0 Å². The van der Waals surface area contributed by atoms with Gasteiger partial charge >= 0.3 is 175 Å². The molecular weight excluding hydrogens is 423 g/mol. The molecule has 10 heterocycles. The van der Waals surface area contributed by atoms with Crippen LogP contribution >= 0.6 is 7.92 Å². The van der Waals surface area contributed by atoms with Gasteiger partial charge in [-0.2, -0.15) is 0 Å². The fourth-order valence-corrected chi connectivity index (χ4v) is 106. The summed E-state index contributed by atoms with van der Waals surface area (Å²) in [7, 11) is 0.0996. The van der Waals surface area contributed by atoms with Gasteiger partial charge in [-0.15, -0.1) is 0 Å². The van der Waals surface area contributed by atoms with Crippen molar-refractivity contribution < 1.29 is 6.51 Å². The first-order valence-electron chi connectivity index (χ1n) is 12.8. The first-order chi connectivity index (χ1) is 13.8. The van der Waals surface area contributed by atoms with E-state index < -0.39 is 6.51 Å². The van der Waals surface area contributed by atoms with E-state index in [-0.39, 0.29) is 7.92 Å². The zero-order valence-corrected chi connectivity index (χ0v) is 21.8. The molecule has 1 aromatic rings. The monoisotopic (exact) mass is 462 g/mol. The maximum absolute atomic E-state index is 3.29. The van der Waals surface area contributed by atoms with Crippen molar-refractivity contribution in [2.75, 3.05) is 6.16 Å². The van der Waals surface area contributed by atoms with Crippen molar-refractivity contribution >= 4 is 7.92 Å². The van der Waals surface area contributed by atoms with Crippen LogP contribution < -0.4 is 0 Å². The first kappa shape index (κ1) is 15.9. The second-order valence-electron chi connectivity index (χ2n) is 17.5. The summed E-state index contributed by atoms with van der Waals surface area (Å²) >= 11 is 0. The van der Waals surface area contributed by atoms with Gasteiger partial charge < -0.3 is 0 Å². The van der Waals surface area contributed by atoms with Crippen LogP contribution in [0.5, 0.6) is 0 Å². The van der Waals surface area contributed by atoms with Gasteiger partial charge in [0.2, 0.25) is 0 Å². The molecule has 2 heteroatoms. The zero-order valence-electron chi connectivity index (χ0n) is 19.8. The van der Waals surface area contributed by atoms with E-state index in [1.807, 2.05) is 0 Å². The summed E-state index contributed by atoms with van der Waals surface area (Å²) in [6.45, 7) is 14.9. The van der Waals surface area contributed by atoms with Crippen molar-refractivity contribution in [3.8, 4) is 0 Å². The van der Waals surface area contributed by atoms with Crippen LogP contribution in [-0.2, 0) is 6.51 Å². The van der Waals surface area contributed by atoms with Crippen LogP contribution in [-0.4, -0.2) is 16.5 Å². The van der Waals surface area contributed by atoms with Gasteiger partial charge in [0.1, 0.15) is 0 Å². The standard InChI is InChI=1S/C23H34P.C5H5.Fe/c1-18(21-11-9-8-10-12-21)15-19-13-14-20(16-19)17-24(22(2,3)4)23(5,6)7;1-2-4-5-3-1;/h8-14,16,18H,15,17H2,1-7H3;1-5H;. The summed E-state index contributed by atoms with van der Waals surface area (Å²) in [4.78, 5) is 11.4. The molecule has 164 valence electrons. The molecule has 11 rings (SSSR count). The third kappa shape index (κ3) is 0.307. The molecule has 0 aliphatic carbocycles. The van der Waals surface area contributed by atoms with Gasteiger partial charge in [-0.1, -0.05) is 0 Å². The number of benzene rings is 1. The van der Waals surface area contributed by atoms with Crippen molar-refractivity contribution in [3.63, 3.8) is 0 Å². The molecule has 6 atom stereocenters. The number of hydrogen-bond donors (Lipinski definition) is 0. The van der Waals surface area contributed by atoms with Crippen molar-refractivity contribution in [3.05, 3.63) is 35.9 Å². The molecule has 10 aliphatic heterocycles. The summed E-state index contributed by atoms with van der Waals surface area (Å²) in [5.41, 5.74) is 1.65. The van der Waals surface area contributed by atoms with E-state index in [1.165, 1.54) is 38.5 Å². The Bertz CT molecular complexity index is 1470. The quantitative estimate of drug-likeness (QED) is 0.302. The summed E-state index contributed by atoms with van der Waals surface area (Å²) < 4.78 is 2.08. The van der Waals surface area contributed by atoms with E-state index in [2.05, 4.69) is 78.8 Å². The third-order valence-electron chi connectivity index (χ3n) is 19.4. The van der Waals surface area contributed by atoms with Crippen molar-refractivity contribution in [2.24, 2.45) is 0 Å². The van der Waals surface area contributed by atoms with E-state index in [0.717, 1.165) is 14.5 Å². The third-order valence-corrected chi connectivity index (χ3v) is 67.8. The fraction of sp³-hybridized carbons (Fsp3) is 0.786. The Hall–Kier alpha value is 0.169. The van der Waals surface area contributed by atoms with Gasteiger partial charge in [-0.05, 0) is 0 Å². The Morgan fingerprint density at radius 2 is 1.33 bits per heavy atom. The summed E-state index contributed by atoms with van der Waals surface area (Å²) in [5.74, 6) is 0.815. The molecule has 0 bridgehead atoms. The minimum atomic E-state index is -3.29. The second-order valence-corrected chi connectivity index (χ2v) is 44.8. The van der Waals surface area contributed by atoms with Crippen LogP contribution in [0.3, 0.4) is 0 Å². The molecule has 0 radical (unpaired) electrons. The SMILES string of the molecule is CC(C[C]12[CH]3[CH]4[C]5(CP(C(C)(C)C)C(C)(C)C)[CH]1[Fe]34251678[CH]2[CH]1[CH]6[CH]7[CH]28)c1ccccc1. The molecule has 1 spiro atoms. The predicted octanol–water partition coefficient (Wildman–Crippen LogP) is 9.39. The van der Waals surface area contributed by atoms with Gasteiger partial charge in [0.25, 0.3) is 0 Å². The zero-order chi connectivity index (χ0) is 20.6. The number of fused-ring (bicyclic) bond motifs is 10. The number of hydrogen-bond acceptors (Lipinski definition) is 0. The van der Waals surface area contributed by atoms with Gasteiger partial charge in [-0.25, -0.2) is 0 Å². The Labute approximate surface area is 174 Å². The van der Waals surface area contributed by atoms with Crippen LogP contribution in [0.4, 0.5) is 0 Å². The molecule has 30 heavy (non-hydrogen) atoms. The Morgan fingerprint density at radius 1 is 0.833 bits per heavy atom. The normalized spacial score (nSPS) is 77.6. The van der Waals surface area contributed by atoms with E-state index in [9.17, 15) is 0 Å². The van der Waals surface area contributed by atoms with E-state index in [1.54, 1.807) is 18.1 Å². The molecule has 6 unspecified atom stereocenters. The average molecular weight is 462 g/mol. The van der Waals surface area contributed by atoms with Crippen molar-refractivity contribution in [1.82, 2.24) is 0 Å². The fourth-order valence-electron chi connectivity index (χ4n) is 21.6. The first-order valence-corrected chi connectivity index (χ1v) is 20.5. The van der Waals surface area contributed by atoms with E-state index in [4.69, 9.17) is 0 Å². The maximum atomic E-state index is 2.60. The molecule has 0 nitrogen and oxygen atoms in total. The summed E-state index contributed by atoms with van der Waals surface area (Å²) in [5, 5.41) is 1.05. The molecule has 1 aromatic carbocycles. The van der Waals surface area contributed by atoms with Crippen LogP contribution in [0.2, 0.25) is 47.2 Å². The van der Waals surface area contributed by atoms with Crippen molar-refractivity contribution in [1.29, 1.82) is 0 Å². The van der Waals surface area contributed by atoms with Crippen molar-refractivity contribution in [2.45, 2.75) is 118 Å². The Kier molecular flexibility index (Phi) is 1.03. The second kappa shape index (κ2) is 1.94. The molecule has 0 amide bonds. The molecule has 0 aromatic heterocycles. The Balaban J connectivity index is 1.10.